The number of H-pyrrole nitrogens is 1. The molecule has 0 saturated heterocycles. The smallest absolute Gasteiger partial charge is 0.166 e. The Bertz CT molecular complexity index is 689. The van der Waals surface area contributed by atoms with Crippen LogP contribution < -0.4 is 0 Å². The van der Waals surface area contributed by atoms with Crippen LogP contribution in [0.5, 0.6) is 0 Å². The largest absolute Gasteiger partial charge is 0.332 e. The van der Waals surface area contributed by atoms with Crippen molar-refractivity contribution in [2.45, 2.75) is 12.1 Å². The van der Waals surface area contributed by atoms with Gasteiger partial charge in [0.05, 0.1) is 11.4 Å². The molecule has 2 aromatic carbocycles. The van der Waals surface area contributed by atoms with E-state index in [-0.39, 0.29) is 0 Å². The predicted octanol–water partition coefficient (Wildman–Crippen LogP) is 5.41. The Kier molecular flexibility index (Phi) is 4.76. The first-order valence-electron chi connectivity index (χ1n) is 7.33. The molecule has 0 radical (unpaired) electrons. The third-order valence-corrected chi connectivity index (χ3v) is 4.17. The molecule has 0 amide bonds. The number of aromatic amines is 1. The lowest BCUT2D eigenvalue weighted by Crippen LogP contribution is -1.82. The fourth-order valence-electron chi connectivity index (χ4n) is 2.26. The van der Waals surface area contributed by atoms with Crippen LogP contribution in [0.15, 0.2) is 78.0 Å². The summed E-state index contributed by atoms with van der Waals surface area (Å²) in [5, 5.41) is 0.954. The van der Waals surface area contributed by atoms with E-state index in [1.165, 1.54) is 0 Å². The number of imidazole rings is 1. The van der Waals surface area contributed by atoms with Crippen LogP contribution in [-0.4, -0.2) is 15.7 Å². The van der Waals surface area contributed by atoms with Gasteiger partial charge in [0.25, 0.3) is 0 Å². The minimum absolute atomic E-state index is 0.923. The number of aromatic nitrogens is 2. The summed E-state index contributed by atoms with van der Waals surface area (Å²) in [6.45, 7) is 2.04. The van der Waals surface area contributed by atoms with Crippen molar-refractivity contribution in [3.05, 3.63) is 72.8 Å². The molecule has 0 atom stereocenters. The van der Waals surface area contributed by atoms with Crippen molar-refractivity contribution < 1.29 is 0 Å². The highest BCUT2D eigenvalue weighted by molar-refractivity contribution is 7.99. The van der Waals surface area contributed by atoms with Crippen molar-refractivity contribution in [3.8, 4) is 22.5 Å². The van der Waals surface area contributed by atoms with Crippen LogP contribution in [0, 0.1) is 0 Å². The molecule has 1 heterocycles. The molecule has 22 heavy (non-hydrogen) atoms. The number of nitrogens with one attached hydrogen (secondary N) is 1. The van der Waals surface area contributed by atoms with E-state index < -0.39 is 0 Å². The number of rotatable bonds is 5. The van der Waals surface area contributed by atoms with E-state index in [0.717, 1.165) is 33.4 Å². The fourth-order valence-corrected chi connectivity index (χ4v) is 3.04. The summed E-state index contributed by atoms with van der Waals surface area (Å²) in [6.07, 6.45) is 4.20. The van der Waals surface area contributed by atoms with Crippen LogP contribution in [0.2, 0.25) is 0 Å². The lowest BCUT2D eigenvalue weighted by Gasteiger charge is -2.02. The minimum Gasteiger partial charge on any atom is -0.332 e. The molecule has 0 saturated carbocycles. The first kappa shape index (κ1) is 14.7. The maximum absolute atomic E-state index is 4.80. The molecule has 3 heteroatoms. The lowest BCUT2D eigenvalue weighted by molar-refractivity contribution is 1.06. The molecule has 0 unspecified atom stereocenters. The van der Waals surface area contributed by atoms with Gasteiger partial charge in [-0.05, 0) is 6.92 Å². The van der Waals surface area contributed by atoms with Crippen LogP contribution in [0.25, 0.3) is 22.5 Å². The minimum atomic E-state index is 0.923. The summed E-state index contributed by atoms with van der Waals surface area (Å²) in [5.74, 6) is 0.923. The molecule has 0 bridgehead atoms. The topological polar surface area (TPSA) is 28.7 Å². The molecule has 1 aromatic heterocycles. The van der Waals surface area contributed by atoms with Crippen LogP contribution in [0.4, 0.5) is 0 Å². The van der Waals surface area contributed by atoms with Gasteiger partial charge >= 0.3 is 0 Å². The first-order chi connectivity index (χ1) is 10.9. The van der Waals surface area contributed by atoms with Gasteiger partial charge in [0.15, 0.2) is 5.16 Å². The molecule has 0 aliphatic heterocycles. The monoisotopic (exact) mass is 306 g/mol. The Morgan fingerprint density at radius 3 is 2.23 bits per heavy atom. The molecule has 110 valence electrons. The van der Waals surface area contributed by atoms with Crippen LogP contribution >= 0.6 is 11.8 Å². The zero-order valence-electron chi connectivity index (χ0n) is 12.5. The Morgan fingerprint density at radius 1 is 0.955 bits per heavy atom. The normalized spacial score (nSPS) is 11.1. The van der Waals surface area contributed by atoms with Crippen molar-refractivity contribution in [3.63, 3.8) is 0 Å². The first-order valence-corrected chi connectivity index (χ1v) is 8.32. The van der Waals surface area contributed by atoms with Crippen molar-refractivity contribution in [2.24, 2.45) is 0 Å². The lowest BCUT2D eigenvalue weighted by atomic mass is 10.1. The number of nitrogens with zero attached hydrogens (tertiary/aromatic N) is 1. The van der Waals surface area contributed by atoms with E-state index in [4.69, 9.17) is 4.98 Å². The van der Waals surface area contributed by atoms with Gasteiger partial charge in [0.1, 0.15) is 0 Å². The molecule has 0 spiro atoms. The summed E-state index contributed by atoms with van der Waals surface area (Å²) in [6, 6.07) is 20.7. The zero-order chi connectivity index (χ0) is 15.2. The van der Waals surface area contributed by atoms with E-state index in [9.17, 15) is 0 Å². The van der Waals surface area contributed by atoms with Crippen LogP contribution in [0.1, 0.15) is 6.92 Å². The van der Waals surface area contributed by atoms with E-state index in [1.54, 1.807) is 11.8 Å². The molecule has 3 aromatic rings. The summed E-state index contributed by atoms with van der Waals surface area (Å²) >= 11 is 1.72. The maximum atomic E-state index is 4.80. The van der Waals surface area contributed by atoms with Gasteiger partial charge in [0.2, 0.25) is 0 Å². The van der Waals surface area contributed by atoms with Crippen molar-refractivity contribution in [2.75, 3.05) is 5.75 Å². The van der Waals surface area contributed by atoms with Gasteiger partial charge in [-0.15, -0.1) is 0 Å². The number of hydrogen-bond donors (Lipinski definition) is 1. The predicted molar refractivity (Wildman–Crippen MR) is 95.0 cm³/mol. The van der Waals surface area contributed by atoms with E-state index >= 15 is 0 Å². The number of hydrogen-bond acceptors (Lipinski definition) is 2. The van der Waals surface area contributed by atoms with Gasteiger partial charge in [-0.25, -0.2) is 4.98 Å². The third-order valence-electron chi connectivity index (χ3n) is 3.34. The Hall–Kier alpha value is -2.26. The molecular formula is C19H18N2S. The summed E-state index contributed by atoms with van der Waals surface area (Å²) in [4.78, 5) is 8.28. The second-order valence-corrected chi connectivity index (χ2v) is 5.89. The van der Waals surface area contributed by atoms with Crippen LogP contribution in [0.3, 0.4) is 0 Å². The molecule has 1 N–H and O–H groups in total. The highest BCUT2D eigenvalue weighted by atomic mass is 32.2. The fraction of sp³-hybridized carbons (Fsp3) is 0.105. The van der Waals surface area contributed by atoms with Gasteiger partial charge in [-0.1, -0.05) is 84.6 Å². The molecular weight excluding hydrogens is 288 g/mol. The number of thioether (sulfide) groups is 1. The summed E-state index contributed by atoms with van der Waals surface area (Å²) in [7, 11) is 0. The van der Waals surface area contributed by atoms with Gasteiger partial charge in [-0.3, -0.25) is 0 Å². The number of allylic oxidation sites excluding steroid dienone is 1. The zero-order valence-corrected chi connectivity index (χ0v) is 13.3. The summed E-state index contributed by atoms with van der Waals surface area (Å²) < 4.78 is 0. The highest BCUT2D eigenvalue weighted by Crippen LogP contribution is 2.32. The highest BCUT2D eigenvalue weighted by Gasteiger charge is 2.13. The Labute approximate surface area is 135 Å². The van der Waals surface area contributed by atoms with Crippen molar-refractivity contribution >= 4 is 11.8 Å². The van der Waals surface area contributed by atoms with Crippen molar-refractivity contribution in [1.82, 2.24) is 9.97 Å². The third kappa shape index (κ3) is 3.31. The second-order valence-electron chi connectivity index (χ2n) is 4.88. The second kappa shape index (κ2) is 7.14. The van der Waals surface area contributed by atoms with Gasteiger partial charge < -0.3 is 4.98 Å². The van der Waals surface area contributed by atoms with Gasteiger partial charge in [0, 0.05) is 16.9 Å². The van der Waals surface area contributed by atoms with Gasteiger partial charge in [-0.2, -0.15) is 0 Å². The van der Waals surface area contributed by atoms with Crippen LogP contribution in [-0.2, 0) is 0 Å². The van der Waals surface area contributed by atoms with Crippen molar-refractivity contribution in [1.29, 1.82) is 0 Å². The quantitative estimate of drug-likeness (QED) is 0.504. The standard InChI is InChI=1S/C19H18N2S/c1-2-3-14-22-19-20-17(15-10-6-4-7-11-15)18(21-19)16-12-8-5-9-13-16/h2-13H,14H2,1H3,(H,20,21)/b3-2+. The molecule has 0 aliphatic carbocycles. The van der Waals surface area contributed by atoms with E-state index in [1.807, 2.05) is 31.2 Å². The average molecular weight is 306 g/mol. The SMILES string of the molecule is C/C=C/CSc1nc(-c2ccccc2)c(-c2ccccc2)[nH]1. The van der Waals surface area contributed by atoms with E-state index in [2.05, 4.69) is 53.5 Å². The Morgan fingerprint density at radius 2 is 1.59 bits per heavy atom. The summed E-state index contributed by atoms with van der Waals surface area (Å²) in [5.41, 5.74) is 4.38. The average Bonchev–Trinajstić information content (AvgIpc) is 3.01. The Balaban J connectivity index is 2.02. The maximum Gasteiger partial charge on any atom is 0.166 e. The molecule has 3 rings (SSSR count). The van der Waals surface area contributed by atoms with E-state index in [0.29, 0.717) is 0 Å². The molecule has 0 fully saturated rings. The molecule has 2 nitrogen and oxygen atoms in total. The number of benzene rings is 2. The molecule has 0 aliphatic rings.